The minimum Gasteiger partial charge on any atom is -0.497 e. The van der Waals surface area contributed by atoms with Gasteiger partial charge in [-0.05, 0) is 36.1 Å². The highest BCUT2D eigenvalue weighted by Gasteiger charge is 2.46. The molecule has 7 nitrogen and oxygen atoms in total. The molecule has 0 radical (unpaired) electrons. The number of benzene rings is 1. The molecule has 0 bridgehead atoms. The van der Waals surface area contributed by atoms with E-state index in [0.29, 0.717) is 37.4 Å². The fourth-order valence-electron chi connectivity index (χ4n) is 3.89. The number of hydrogen-bond donors (Lipinski definition) is 2. The molecule has 0 fully saturated rings. The van der Waals surface area contributed by atoms with Crippen LogP contribution in [0.25, 0.3) is 0 Å². The van der Waals surface area contributed by atoms with Gasteiger partial charge in [0.15, 0.2) is 0 Å². The third-order valence-corrected chi connectivity index (χ3v) is 5.49. The Morgan fingerprint density at radius 1 is 1.36 bits per heavy atom. The predicted molar refractivity (Wildman–Crippen MR) is 104 cm³/mol. The minimum atomic E-state index is -0.999. The third-order valence-electron chi connectivity index (χ3n) is 5.49. The van der Waals surface area contributed by atoms with Crippen molar-refractivity contribution in [3.05, 3.63) is 52.8 Å². The maximum atomic E-state index is 12.5. The van der Waals surface area contributed by atoms with Crippen LogP contribution in [0.2, 0.25) is 0 Å². The van der Waals surface area contributed by atoms with Crippen LogP contribution < -0.4 is 15.8 Å². The van der Waals surface area contributed by atoms with Crippen molar-refractivity contribution >= 4 is 11.8 Å². The van der Waals surface area contributed by atoms with Gasteiger partial charge in [0.1, 0.15) is 11.5 Å². The Labute approximate surface area is 164 Å². The number of carbonyl (C=O) groups is 2. The Balaban J connectivity index is 2.08. The number of hydrogen-bond acceptors (Lipinski definition) is 5. The van der Waals surface area contributed by atoms with Gasteiger partial charge < -0.3 is 25.3 Å². The van der Waals surface area contributed by atoms with Gasteiger partial charge in [0.05, 0.1) is 24.7 Å². The van der Waals surface area contributed by atoms with Gasteiger partial charge in [0, 0.05) is 26.7 Å². The summed E-state index contributed by atoms with van der Waals surface area (Å²) in [5.41, 5.74) is 7.07. The van der Waals surface area contributed by atoms with Crippen molar-refractivity contribution in [1.82, 2.24) is 5.32 Å². The molecular weight excluding hydrogens is 360 g/mol. The second-order valence-corrected chi connectivity index (χ2v) is 7.07. The molecule has 28 heavy (non-hydrogen) atoms. The molecule has 1 aromatic rings. The van der Waals surface area contributed by atoms with Gasteiger partial charge >= 0.3 is 0 Å². The van der Waals surface area contributed by atoms with E-state index < -0.39 is 11.3 Å². The van der Waals surface area contributed by atoms with Crippen molar-refractivity contribution in [3.63, 3.8) is 0 Å². The number of primary amides is 1. The van der Waals surface area contributed by atoms with Gasteiger partial charge in [0.25, 0.3) is 5.91 Å². The highest BCUT2D eigenvalue weighted by Crippen LogP contribution is 2.49. The molecule has 1 aliphatic carbocycles. The maximum absolute atomic E-state index is 12.5. The number of likely N-dealkylation sites (N-methyl/N-ethyl adjacent to an activating group) is 1. The average molecular weight is 386 g/mol. The zero-order chi connectivity index (χ0) is 20.3. The van der Waals surface area contributed by atoms with Gasteiger partial charge in [-0.2, -0.15) is 0 Å². The second kappa shape index (κ2) is 8.06. The summed E-state index contributed by atoms with van der Waals surface area (Å²) < 4.78 is 16.5. The van der Waals surface area contributed by atoms with Crippen LogP contribution in [0.5, 0.6) is 5.75 Å². The smallest absolute Gasteiger partial charge is 0.254 e. The van der Waals surface area contributed by atoms with Crippen LogP contribution in [0.15, 0.2) is 47.2 Å². The molecule has 0 saturated heterocycles. The first-order valence-corrected chi connectivity index (χ1v) is 9.19. The average Bonchev–Trinajstić information content (AvgIpc) is 3.14. The van der Waals surface area contributed by atoms with Crippen molar-refractivity contribution in [1.29, 1.82) is 0 Å². The molecule has 1 aliphatic heterocycles. The van der Waals surface area contributed by atoms with Crippen LogP contribution in [-0.2, 0) is 19.1 Å². The monoisotopic (exact) mass is 386 g/mol. The molecule has 1 heterocycles. The van der Waals surface area contributed by atoms with Gasteiger partial charge in [0.2, 0.25) is 5.91 Å². The lowest BCUT2D eigenvalue weighted by atomic mass is 9.70. The molecule has 2 aliphatic rings. The van der Waals surface area contributed by atoms with Crippen molar-refractivity contribution in [2.24, 2.45) is 11.1 Å². The zero-order valence-corrected chi connectivity index (χ0v) is 16.4. The first kappa shape index (κ1) is 19.9. The van der Waals surface area contributed by atoms with Crippen LogP contribution in [-0.4, -0.2) is 46.3 Å². The molecule has 150 valence electrons. The van der Waals surface area contributed by atoms with Crippen LogP contribution >= 0.6 is 0 Å². The number of carbonyl (C=O) groups excluding carboxylic acids is 2. The number of methoxy groups -OCH3 is 2. The molecule has 2 amide bonds. The Kier molecular flexibility index (Phi) is 5.74. The van der Waals surface area contributed by atoms with Gasteiger partial charge in [-0.25, -0.2) is 0 Å². The molecule has 0 aromatic heterocycles. The summed E-state index contributed by atoms with van der Waals surface area (Å²) in [6, 6.07) is 7.73. The molecular formula is C21H26N2O5. The van der Waals surface area contributed by atoms with Crippen molar-refractivity contribution in [2.75, 3.05) is 34.5 Å². The van der Waals surface area contributed by atoms with Crippen molar-refractivity contribution in [3.8, 4) is 5.75 Å². The number of ether oxygens (including phenoxy) is 3. The zero-order valence-electron chi connectivity index (χ0n) is 16.4. The Morgan fingerprint density at radius 3 is 2.79 bits per heavy atom. The van der Waals surface area contributed by atoms with Gasteiger partial charge in [-0.3, -0.25) is 9.59 Å². The van der Waals surface area contributed by atoms with Crippen LogP contribution in [0.4, 0.5) is 0 Å². The van der Waals surface area contributed by atoms with E-state index >= 15 is 0 Å². The molecule has 0 spiro atoms. The number of nitrogens with two attached hydrogens (primary N) is 1. The van der Waals surface area contributed by atoms with E-state index in [1.54, 1.807) is 27.3 Å². The first-order valence-electron chi connectivity index (χ1n) is 9.19. The third kappa shape index (κ3) is 3.49. The summed E-state index contributed by atoms with van der Waals surface area (Å²) >= 11 is 0. The summed E-state index contributed by atoms with van der Waals surface area (Å²) in [6.07, 6.45) is 2.43. The van der Waals surface area contributed by atoms with Crippen molar-refractivity contribution in [2.45, 2.75) is 18.8 Å². The lowest BCUT2D eigenvalue weighted by Crippen LogP contribution is -2.40. The number of nitrogens with one attached hydrogen (secondary N) is 1. The van der Waals surface area contributed by atoms with Gasteiger partial charge in [-0.15, -0.1) is 0 Å². The highest BCUT2D eigenvalue weighted by atomic mass is 16.5. The van der Waals surface area contributed by atoms with E-state index in [2.05, 4.69) is 5.32 Å². The fourth-order valence-corrected chi connectivity index (χ4v) is 3.89. The first-order chi connectivity index (χ1) is 13.5. The topological polar surface area (TPSA) is 99.9 Å². The molecule has 3 N–H and O–H groups in total. The quantitative estimate of drug-likeness (QED) is 0.742. The summed E-state index contributed by atoms with van der Waals surface area (Å²) in [6.45, 7) is 0.749. The standard InChI is InChI=1S/C21H26N2O5/c1-23-19(24)16-11-21(20(22)25,7-8-26-2)10-15-17(12-28-18(15)16)13-5-4-6-14(9-13)27-3/h4-6,9,11,17H,7-8,10,12H2,1-3H3,(H2,22,25)(H,23,24). The predicted octanol–water partition coefficient (Wildman–Crippen LogP) is 1.65. The molecule has 7 heteroatoms. The lowest BCUT2D eigenvalue weighted by Gasteiger charge is -2.33. The van der Waals surface area contributed by atoms with E-state index in [-0.39, 0.29) is 11.8 Å². The molecule has 3 rings (SSSR count). The maximum Gasteiger partial charge on any atom is 0.254 e. The number of amides is 2. The van der Waals surface area contributed by atoms with Crippen LogP contribution in [0.3, 0.4) is 0 Å². The summed E-state index contributed by atoms with van der Waals surface area (Å²) in [4.78, 5) is 25.0. The fraction of sp³-hybridized carbons (Fsp3) is 0.429. The van der Waals surface area contributed by atoms with E-state index in [1.165, 1.54) is 0 Å². The molecule has 2 unspecified atom stereocenters. The van der Waals surface area contributed by atoms with Crippen LogP contribution in [0.1, 0.15) is 24.3 Å². The SMILES string of the molecule is CNC(=O)C1=CC(CCOC)(C(N)=O)CC2=C1OCC2c1cccc(OC)c1. The highest BCUT2D eigenvalue weighted by molar-refractivity contribution is 5.99. The normalized spacial score (nSPS) is 23.5. The number of rotatable bonds is 7. The Hall–Kier alpha value is -2.80. The Morgan fingerprint density at radius 2 is 2.14 bits per heavy atom. The summed E-state index contributed by atoms with van der Waals surface area (Å²) in [5, 5.41) is 2.63. The Bertz CT molecular complexity index is 845. The minimum absolute atomic E-state index is 0.0836. The van der Waals surface area contributed by atoms with E-state index in [0.717, 1.165) is 16.9 Å². The summed E-state index contributed by atoms with van der Waals surface area (Å²) in [5.74, 6) is 0.418. The van der Waals surface area contributed by atoms with Crippen LogP contribution in [0, 0.1) is 5.41 Å². The van der Waals surface area contributed by atoms with E-state index in [9.17, 15) is 9.59 Å². The summed E-state index contributed by atoms with van der Waals surface area (Å²) in [7, 11) is 4.74. The molecule has 2 atom stereocenters. The second-order valence-electron chi connectivity index (χ2n) is 7.07. The molecule has 1 aromatic carbocycles. The molecule has 0 saturated carbocycles. The van der Waals surface area contributed by atoms with E-state index in [1.807, 2.05) is 24.3 Å². The lowest BCUT2D eigenvalue weighted by molar-refractivity contribution is -0.126. The largest absolute Gasteiger partial charge is 0.497 e. The van der Waals surface area contributed by atoms with E-state index in [4.69, 9.17) is 19.9 Å². The van der Waals surface area contributed by atoms with Gasteiger partial charge in [-0.1, -0.05) is 18.2 Å². The van der Waals surface area contributed by atoms with Crippen molar-refractivity contribution < 1.29 is 23.8 Å².